The van der Waals surface area contributed by atoms with Crippen LogP contribution in [0.4, 0.5) is 10.2 Å². The highest BCUT2D eigenvalue weighted by Gasteiger charge is 2.31. The molecule has 0 aliphatic carbocycles. The lowest BCUT2D eigenvalue weighted by Gasteiger charge is -2.41. The van der Waals surface area contributed by atoms with Crippen molar-refractivity contribution in [3.05, 3.63) is 36.2 Å². The molecule has 0 radical (unpaired) electrons. The van der Waals surface area contributed by atoms with E-state index in [1.807, 2.05) is 22.1 Å². The number of ether oxygens (including phenoxy) is 2. The van der Waals surface area contributed by atoms with Crippen molar-refractivity contribution in [1.29, 1.82) is 0 Å². The van der Waals surface area contributed by atoms with Crippen molar-refractivity contribution in [3.8, 4) is 17.0 Å². The second kappa shape index (κ2) is 10.7. The van der Waals surface area contributed by atoms with Gasteiger partial charge in [0.1, 0.15) is 6.33 Å². The van der Waals surface area contributed by atoms with Crippen LogP contribution in [0.25, 0.3) is 27.8 Å². The van der Waals surface area contributed by atoms with Gasteiger partial charge in [-0.1, -0.05) is 13.8 Å². The standard InChI is InChI=1S/C28H35FN8O3/c1-17(2)23-24-20(33-26(23)19-11-21(39-4)27-31-16-32-37(27)14-19)12-30-28(25(24)29)36-6-5-34(13-18(36)3)15-22(38)35-7-9-40-10-8-35/h11-12,14,16-18,33H,5-10,13,15H2,1-4H3/t18-/m1/s1. The first-order valence-electron chi connectivity index (χ1n) is 13.8. The van der Waals surface area contributed by atoms with Gasteiger partial charge in [-0.3, -0.25) is 9.69 Å². The number of anilines is 1. The normalized spacial score (nSPS) is 18.8. The first-order valence-corrected chi connectivity index (χ1v) is 13.8. The Morgan fingerprint density at radius 2 is 2.02 bits per heavy atom. The largest absolute Gasteiger partial charge is 0.493 e. The minimum Gasteiger partial charge on any atom is -0.493 e. The molecule has 11 nitrogen and oxygen atoms in total. The number of hydrogen-bond acceptors (Lipinski definition) is 8. The number of nitrogens with one attached hydrogen (secondary N) is 1. The van der Waals surface area contributed by atoms with Gasteiger partial charge in [-0.15, -0.1) is 0 Å². The van der Waals surface area contributed by atoms with E-state index in [1.165, 1.54) is 6.33 Å². The molecule has 12 heteroatoms. The minimum atomic E-state index is -0.331. The number of piperazine rings is 1. The summed E-state index contributed by atoms with van der Waals surface area (Å²) in [6, 6.07) is 1.89. The zero-order chi connectivity index (χ0) is 28.0. The van der Waals surface area contributed by atoms with E-state index in [0.29, 0.717) is 80.6 Å². The highest BCUT2D eigenvalue weighted by molar-refractivity contribution is 5.93. The third-order valence-corrected chi connectivity index (χ3v) is 7.93. The molecule has 2 aliphatic heterocycles. The molecule has 0 aromatic carbocycles. The lowest BCUT2D eigenvalue weighted by Crippen LogP contribution is -2.55. The van der Waals surface area contributed by atoms with Crippen molar-refractivity contribution in [1.82, 2.24) is 34.4 Å². The van der Waals surface area contributed by atoms with Gasteiger partial charge in [0.2, 0.25) is 5.91 Å². The third-order valence-electron chi connectivity index (χ3n) is 7.93. The molecule has 4 aromatic rings. The van der Waals surface area contributed by atoms with Crippen LogP contribution >= 0.6 is 0 Å². The summed E-state index contributed by atoms with van der Waals surface area (Å²) in [5.74, 6) is 0.753. The molecule has 2 fully saturated rings. The fourth-order valence-electron chi connectivity index (χ4n) is 5.95. The van der Waals surface area contributed by atoms with Crippen molar-refractivity contribution >= 4 is 28.3 Å². The smallest absolute Gasteiger partial charge is 0.236 e. The van der Waals surface area contributed by atoms with E-state index < -0.39 is 0 Å². The van der Waals surface area contributed by atoms with Crippen LogP contribution < -0.4 is 9.64 Å². The number of H-pyrrole nitrogens is 1. The van der Waals surface area contributed by atoms with Crippen LogP contribution in [0.15, 0.2) is 24.8 Å². The molecule has 0 spiro atoms. The number of carbonyl (C=O) groups excluding carboxylic acids is 1. The lowest BCUT2D eigenvalue weighted by molar-refractivity contribution is -0.136. The van der Waals surface area contributed by atoms with Crippen LogP contribution in [0.5, 0.6) is 5.75 Å². The minimum absolute atomic E-state index is 0.00872. The molecule has 4 aromatic heterocycles. The quantitative estimate of drug-likeness (QED) is 0.391. The molecule has 0 bridgehead atoms. The van der Waals surface area contributed by atoms with E-state index in [-0.39, 0.29) is 23.7 Å². The zero-order valence-electron chi connectivity index (χ0n) is 23.4. The van der Waals surface area contributed by atoms with Crippen LogP contribution in [-0.2, 0) is 9.53 Å². The predicted molar refractivity (Wildman–Crippen MR) is 149 cm³/mol. The Bertz CT molecular complexity index is 1540. The second-order valence-electron chi connectivity index (χ2n) is 10.8. The Balaban J connectivity index is 1.30. The molecule has 1 amide bonds. The van der Waals surface area contributed by atoms with Gasteiger partial charge < -0.3 is 24.3 Å². The van der Waals surface area contributed by atoms with Crippen LogP contribution in [0.1, 0.15) is 32.3 Å². The van der Waals surface area contributed by atoms with Gasteiger partial charge in [0.15, 0.2) is 23.0 Å². The highest BCUT2D eigenvalue weighted by atomic mass is 19.1. The Morgan fingerprint density at radius 3 is 2.75 bits per heavy atom. The SMILES string of the molecule is COc1cc(-c2[nH]c3cnc(N4CCN(CC(=O)N5CCOCC5)C[C@H]4C)c(F)c3c2C(C)C)cn2ncnc12. The Labute approximate surface area is 231 Å². The third kappa shape index (κ3) is 4.64. The number of carbonyl (C=O) groups is 1. The van der Waals surface area contributed by atoms with Crippen LogP contribution in [0, 0.1) is 5.82 Å². The van der Waals surface area contributed by atoms with Crippen LogP contribution in [0.3, 0.4) is 0 Å². The number of fused-ring (bicyclic) bond motifs is 2. The van der Waals surface area contributed by atoms with Crippen LogP contribution in [-0.4, -0.2) is 106 Å². The molecular formula is C28H35FN8O3. The number of methoxy groups -OCH3 is 1. The molecule has 6 rings (SSSR count). The number of nitrogens with zero attached hydrogens (tertiary/aromatic N) is 7. The first kappa shape index (κ1) is 26.5. The van der Waals surface area contributed by atoms with E-state index in [4.69, 9.17) is 9.47 Å². The topological polar surface area (TPSA) is 104 Å². The number of morpholine rings is 1. The lowest BCUT2D eigenvalue weighted by atomic mass is 9.96. The average Bonchev–Trinajstić information content (AvgIpc) is 3.59. The summed E-state index contributed by atoms with van der Waals surface area (Å²) in [5.41, 5.74) is 3.75. The Hall–Kier alpha value is -3.77. The molecule has 6 heterocycles. The zero-order valence-corrected chi connectivity index (χ0v) is 23.4. The van der Waals surface area contributed by atoms with E-state index in [9.17, 15) is 4.79 Å². The van der Waals surface area contributed by atoms with E-state index >= 15 is 4.39 Å². The summed E-state index contributed by atoms with van der Waals surface area (Å²) in [7, 11) is 1.59. The molecule has 2 aliphatic rings. The van der Waals surface area contributed by atoms with E-state index in [1.54, 1.807) is 17.8 Å². The van der Waals surface area contributed by atoms with Gasteiger partial charge >= 0.3 is 0 Å². The van der Waals surface area contributed by atoms with Gasteiger partial charge in [0.25, 0.3) is 0 Å². The van der Waals surface area contributed by atoms with Crippen molar-refractivity contribution in [3.63, 3.8) is 0 Å². The first-order chi connectivity index (χ1) is 19.4. The maximum atomic E-state index is 16.4. The average molecular weight is 551 g/mol. The summed E-state index contributed by atoms with van der Waals surface area (Å²) in [6.07, 6.45) is 5.06. The Morgan fingerprint density at radius 1 is 1.23 bits per heavy atom. The van der Waals surface area contributed by atoms with Crippen molar-refractivity contribution in [2.24, 2.45) is 0 Å². The number of aromatic nitrogens is 5. The predicted octanol–water partition coefficient (Wildman–Crippen LogP) is 2.91. The molecule has 0 unspecified atom stereocenters. The monoisotopic (exact) mass is 550 g/mol. The number of hydrogen-bond donors (Lipinski definition) is 1. The summed E-state index contributed by atoms with van der Waals surface area (Å²) in [4.78, 5) is 31.1. The van der Waals surface area contributed by atoms with E-state index in [0.717, 1.165) is 16.8 Å². The fraction of sp³-hybridized carbons (Fsp3) is 0.500. The molecule has 2 saturated heterocycles. The molecule has 0 saturated carbocycles. The number of amides is 1. The summed E-state index contributed by atoms with van der Waals surface area (Å²) in [5, 5.41) is 4.82. The fourth-order valence-corrected chi connectivity index (χ4v) is 5.95. The number of pyridine rings is 2. The molecule has 40 heavy (non-hydrogen) atoms. The Kier molecular flexibility index (Phi) is 7.05. The van der Waals surface area contributed by atoms with Gasteiger partial charge in [0.05, 0.1) is 44.3 Å². The van der Waals surface area contributed by atoms with Gasteiger partial charge in [0, 0.05) is 55.9 Å². The molecule has 1 N–H and O–H groups in total. The molecule has 1 atom stereocenters. The van der Waals surface area contributed by atoms with Gasteiger partial charge in [-0.25, -0.2) is 18.9 Å². The van der Waals surface area contributed by atoms with Crippen molar-refractivity contribution in [2.45, 2.75) is 32.7 Å². The summed E-state index contributed by atoms with van der Waals surface area (Å²) in [6.45, 7) is 10.9. The number of aromatic amines is 1. The molecular weight excluding hydrogens is 515 g/mol. The highest BCUT2D eigenvalue weighted by Crippen LogP contribution is 2.40. The van der Waals surface area contributed by atoms with Gasteiger partial charge in [-0.2, -0.15) is 5.10 Å². The second-order valence-corrected chi connectivity index (χ2v) is 10.8. The van der Waals surface area contributed by atoms with Crippen LogP contribution in [0.2, 0.25) is 0 Å². The molecule has 212 valence electrons. The van der Waals surface area contributed by atoms with Gasteiger partial charge in [-0.05, 0) is 24.5 Å². The summed E-state index contributed by atoms with van der Waals surface area (Å²) < 4.78 is 29.0. The van der Waals surface area contributed by atoms with E-state index in [2.05, 4.69) is 45.7 Å². The van der Waals surface area contributed by atoms with Crippen molar-refractivity contribution < 1.29 is 18.7 Å². The number of rotatable bonds is 6. The summed E-state index contributed by atoms with van der Waals surface area (Å²) >= 11 is 0. The maximum absolute atomic E-state index is 16.4. The van der Waals surface area contributed by atoms with Crippen molar-refractivity contribution in [2.75, 3.05) is 64.5 Å². The number of halogens is 1. The maximum Gasteiger partial charge on any atom is 0.236 e.